The quantitative estimate of drug-likeness (QED) is 0.846. The van der Waals surface area contributed by atoms with Gasteiger partial charge in [0, 0.05) is 10.4 Å². The van der Waals surface area contributed by atoms with Crippen LogP contribution in [-0.2, 0) is 16.0 Å². The summed E-state index contributed by atoms with van der Waals surface area (Å²) >= 11 is 3.38. The van der Waals surface area contributed by atoms with Gasteiger partial charge in [0.05, 0.1) is 0 Å². The zero-order valence-electron chi connectivity index (χ0n) is 10.1. The molecule has 1 amide bonds. The smallest absolute Gasteiger partial charge is 0.322 e. The van der Waals surface area contributed by atoms with E-state index in [4.69, 9.17) is 5.11 Å². The maximum Gasteiger partial charge on any atom is 0.322 e. The Morgan fingerprint density at radius 1 is 1.44 bits per heavy atom. The van der Waals surface area contributed by atoms with Gasteiger partial charge in [-0.2, -0.15) is 0 Å². The molecule has 98 valence electrons. The Balaban J connectivity index is 2.61. The van der Waals surface area contributed by atoms with E-state index in [1.54, 1.807) is 0 Å². The van der Waals surface area contributed by atoms with Crippen LogP contribution in [0.1, 0.15) is 18.9 Å². The Hall–Kier alpha value is -1.36. The highest BCUT2D eigenvalue weighted by atomic mass is 79.9. The number of amides is 1. The van der Waals surface area contributed by atoms with Gasteiger partial charge in [-0.25, -0.2) is 0 Å². The fourth-order valence-corrected chi connectivity index (χ4v) is 2.12. The fraction of sp³-hybridized carbons (Fsp3) is 0.385. The Labute approximate surface area is 115 Å². The maximum atomic E-state index is 11.8. The van der Waals surface area contributed by atoms with Crippen LogP contribution in [-0.4, -0.2) is 23.5 Å². The highest BCUT2D eigenvalue weighted by molar-refractivity contribution is 9.10. The minimum absolute atomic E-state index is 0.196. The first-order valence-corrected chi connectivity index (χ1v) is 6.56. The Morgan fingerprint density at radius 2 is 2.17 bits per heavy atom. The van der Waals surface area contributed by atoms with Crippen molar-refractivity contribution in [3.8, 4) is 0 Å². The molecule has 0 bridgehead atoms. The molecule has 0 radical (unpaired) electrons. The third kappa shape index (κ3) is 4.87. The first-order valence-electron chi connectivity index (χ1n) is 5.77. The molecular weight excluding hydrogens is 298 g/mol. The van der Waals surface area contributed by atoms with Gasteiger partial charge < -0.3 is 10.4 Å². The van der Waals surface area contributed by atoms with Gasteiger partial charge in [0.1, 0.15) is 6.54 Å². The standard InChI is InChI=1S/C13H16BrNO3/c1-2-10(13(18)15-8-12(16)17)6-9-4-3-5-11(14)7-9/h3-5,7,10H,2,6,8H2,1H3,(H,15,18)(H,16,17). The van der Waals surface area contributed by atoms with E-state index >= 15 is 0 Å². The zero-order chi connectivity index (χ0) is 13.5. The second-order valence-electron chi connectivity index (χ2n) is 4.05. The summed E-state index contributed by atoms with van der Waals surface area (Å²) in [5, 5.41) is 10.9. The summed E-state index contributed by atoms with van der Waals surface area (Å²) in [6.45, 7) is 1.59. The molecule has 0 aromatic heterocycles. The van der Waals surface area contributed by atoms with Crippen LogP contribution in [0.5, 0.6) is 0 Å². The van der Waals surface area contributed by atoms with Gasteiger partial charge >= 0.3 is 5.97 Å². The van der Waals surface area contributed by atoms with Crippen LogP contribution >= 0.6 is 15.9 Å². The van der Waals surface area contributed by atoms with Gasteiger partial charge in [0.15, 0.2) is 0 Å². The molecule has 1 rings (SSSR count). The van der Waals surface area contributed by atoms with Crippen LogP contribution in [0.15, 0.2) is 28.7 Å². The Kier molecular flexibility index (Phi) is 5.85. The van der Waals surface area contributed by atoms with E-state index in [0.29, 0.717) is 12.8 Å². The SMILES string of the molecule is CCC(Cc1cccc(Br)c1)C(=O)NCC(=O)O. The van der Waals surface area contributed by atoms with Gasteiger partial charge in [-0.15, -0.1) is 0 Å². The van der Waals surface area contributed by atoms with Crippen molar-refractivity contribution in [2.45, 2.75) is 19.8 Å². The molecule has 0 spiro atoms. The molecule has 1 aromatic rings. The van der Waals surface area contributed by atoms with Crippen LogP contribution in [0.25, 0.3) is 0 Å². The molecule has 0 heterocycles. The number of nitrogens with one attached hydrogen (secondary N) is 1. The molecule has 18 heavy (non-hydrogen) atoms. The fourth-order valence-electron chi connectivity index (χ4n) is 1.68. The van der Waals surface area contributed by atoms with Crippen LogP contribution < -0.4 is 5.32 Å². The third-order valence-electron chi connectivity index (χ3n) is 2.65. The number of carbonyl (C=O) groups excluding carboxylic acids is 1. The van der Waals surface area contributed by atoms with E-state index in [-0.39, 0.29) is 18.4 Å². The summed E-state index contributed by atoms with van der Waals surface area (Å²) in [7, 11) is 0. The molecule has 0 saturated heterocycles. The average molecular weight is 314 g/mol. The van der Waals surface area contributed by atoms with Crippen LogP contribution in [0.3, 0.4) is 0 Å². The number of aliphatic carboxylic acids is 1. The molecule has 1 unspecified atom stereocenters. The largest absolute Gasteiger partial charge is 0.480 e. The molecule has 1 atom stereocenters. The van der Waals surface area contributed by atoms with Crippen molar-refractivity contribution < 1.29 is 14.7 Å². The zero-order valence-corrected chi connectivity index (χ0v) is 11.7. The first kappa shape index (κ1) is 14.7. The molecule has 0 aliphatic heterocycles. The topological polar surface area (TPSA) is 66.4 Å². The lowest BCUT2D eigenvalue weighted by molar-refractivity contribution is -0.138. The van der Waals surface area contributed by atoms with Crippen LogP contribution in [0.2, 0.25) is 0 Å². The molecule has 0 aliphatic carbocycles. The van der Waals surface area contributed by atoms with Crippen molar-refractivity contribution >= 4 is 27.8 Å². The lowest BCUT2D eigenvalue weighted by Crippen LogP contribution is -2.35. The van der Waals surface area contributed by atoms with E-state index < -0.39 is 5.97 Å². The van der Waals surface area contributed by atoms with Crippen molar-refractivity contribution in [1.29, 1.82) is 0 Å². The number of halogens is 1. The minimum Gasteiger partial charge on any atom is -0.480 e. The molecule has 2 N–H and O–H groups in total. The number of carboxylic acid groups (broad SMARTS) is 1. The number of benzene rings is 1. The number of hydrogen-bond acceptors (Lipinski definition) is 2. The molecule has 4 nitrogen and oxygen atoms in total. The Morgan fingerprint density at radius 3 is 2.72 bits per heavy atom. The number of carbonyl (C=O) groups is 2. The van der Waals surface area contributed by atoms with E-state index in [1.807, 2.05) is 31.2 Å². The Bertz CT molecular complexity index is 434. The number of carboxylic acids is 1. The van der Waals surface area contributed by atoms with Crippen molar-refractivity contribution in [3.63, 3.8) is 0 Å². The monoisotopic (exact) mass is 313 g/mol. The van der Waals surface area contributed by atoms with E-state index in [2.05, 4.69) is 21.2 Å². The molecular formula is C13H16BrNO3. The molecule has 0 fully saturated rings. The van der Waals surface area contributed by atoms with E-state index in [0.717, 1.165) is 10.0 Å². The van der Waals surface area contributed by atoms with Gasteiger partial charge in [-0.1, -0.05) is 35.0 Å². The second-order valence-corrected chi connectivity index (χ2v) is 4.97. The summed E-state index contributed by atoms with van der Waals surface area (Å²) in [4.78, 5) is 22.2. The van der Waals surface area contributed by atoms with Crippen molar-refractivity contribution in [2.75, 3.05) is 6.54 Å². The van der Waals surface area contributed by atoms with E-state index in [1.165, 1.54) is 0 Å². The lowest BCUT2D eigenvalue weighted by Gasteiger charge is -2.14. The van der Waals surface area contributed by atoms with Gasteiger partial charge in [0.25, 0.3) is 0 Å². The summed E-state index contributed by atoms with van der Waals surface area (Å²) in [6.07, 6.45) is 1.29. The molecule has 0 saturated carbocycles. The predicted octanol–water partition coefficient (Wildman–Crippen LogP) is 2.22. The predicted molar refractivity (Wildman–Crippen MR) is 72.3 cm³/mol. The lowest BCUT2D eigenvalue weighted by atomic mass is 9.96. The van der Waals surface area contributed by atoms with Crippen molar-refractivity contribution in [2.24, 2.45) is 5.92 Å². The van der Waals surface area contributed by atoms with Crippen LogP contribution in [0.4, 0.5) is 0 Å². The van der Waals surface area contributed by atoms with Gasteiger partial charge in [-0.3, -0.25) is 9.59 Å². The van der Waals surface area contributed by atoms with Crippen molar-refractivity contribution in [1.82, 2.24) is 5.32 Å². The maximum absolute atomic E-state index is 11.8. The molecule has 1 aromatic carbocycles. The van der Waals surface area contributed by atoms with Gasteiger partial charge in [-0.05, 0) is 30.5 Å². The summed E-state index contributed by atoms with van der Waals surface area (Å²) in [5.41, 5.74) is 1.06. The number of rotatable bonds is 6. The second kappa shape index (κ2) is 7.16. The van der Waals surface area contributed by atoms with Crippen molar-refractivity contribution in [3.05, 3.63) is 34.3 Å². The van der Waals surface area contributed by atoms with E-state index in [9.17, 15) is 9.59 Å². The summed E-state index contributed by atoms with van der Waals surface area (Å²) in [5.74, 6) is -1.43. The molecule has 5 heteroatoms. The minimum atomic E-state index is -1.03. The first-order chi connectivity index (χ1) is 8.52. The van der Waals surface area contributed by atoms with Gasteiger partial charge in [0.2, 0.25) is 5.91 Å². The third-order valence-corrected chi connectivity index (χ3v) is 3.14. The highest BCUT2D eigenvalue weighted by Gasteiger charge is 2.17. The average Bonchev–Trinajstić information content (AvgIpc) is 2.33. The number of hydrogen-bond donors (Lipinski definition) is 2. The molecule has 0 aliphatic rings. The van der Waals surface area contributed by atoms with Crippen LogP contribution in [0, 0.1) is 5.92 Å². The normalized spacial score (nSPS) is 11.9. The highest BCUT2D eigenvalue weighted by Crippen LogP contribution is 2.17. The summed E-state index contributed by atoms with van der Waals surface area (Å²) < 4.78 is 0.973. The summed E-state index contributed by atoms with van der Waals surface area (Å²) in [6, 6.07) is 7.77.